The number of nitrogens with zero attached hydrogens (tertiary/aromatic N) is 3. The van der Waals surface area contributed by atoms with Crippen LogP contribution in [0.1, 0.15) is 43.5 Å². The minimum Gasteiger partial charge on any atom is -0.508 e. The van der Waals surface area contributed by atoms with Crippen LogP contribution in [0.25, 0.3) is 11.0 Å². The van der Waals surface area contributed by atoms with E-state index in [0.717, 1.165) is 0 Å². The number of primary amides is 1. The molecule has 3 aromatic carbocycles. The number of phenolic OH excluding ortho intramolecular Hbond substituents is 3. The quantitative estimate of drug-likeness (QED) is 0.0816. The van der Waals surface area contributed by atoms with Gasteiger partial charge in [-0.2, -0.15) is 0 Å². The zero-order valence-corrected chi connectivity index (χ0v) is 22.9. The summed E-state index contributed by atoms with van der Waals surface area (Å²) >= 11 is 0. The van der Waals surface area contributed by atoms with E-state index in [9.17, 15) is 29.7 Å². The summed E-state index contributed by atoms with van der Waals surface area (Å²) in [5, 5.41) is 30.4. The normalized spacial score (nSPS) is 11.6. The van der Waals surface area contributed by atoms with E-state index in [4.69, 9.17) is 10.5 Å². The number of phenols is 3. The molecule has 12 nitrogen and oxygen atoms in total. The van der Waals surface area contributed by atoms with Crippen LogP contribution >= 0.6 is 0 Å². The van der Waals surface area contributed by atoms with Gasteiger partial charge in [0, 0.05) is 30.0 Å². The van der Waals surface area contributed by atoms with Crippen LogP contribution in [-0.4, -0.2) is 49.6 Å². The molecule has 0 atom stereocenters. The van der Waals surface area contributed by atoms with Gasteiger partial charge in [0.15, 0.2) is 0 Å². The lowest BCUT2D eigenvalue weighted by Gasteiger charge is -2.08. The van der Waals surface area contributed by atoms with E-state index < -0.39 is 11.9 Å². The number of H-pyrrole nitrogens is 1. The average molecular weight is 572 g/mol. The molecule has 0 bridgehead atoms. The monoisotopic (exact) mass is 571 g/mol. The van der Waals surface area contributed by atoms with Crippen molar-refractivity contribution >= 4 is 46.7 Å². The molecule has 0 unspecified atom stereocenters. The van der Waals surface area contributed by atoms with Crippen molar-refractivity contribution in [3.8, 4) is 23.0 Å². The maximum absolute atomic E-state index is 12.6. The second kappa shape index (κ2) is 12.8. The SMILES string of the molecule is CC(C)Cc1nc2cc(N=Cc3cc(O)ccc3O)c(N=Cc3cc(OC(=O)CCC(N)=O)ccc3O)cc2[nH]c1=O. The highest BCUT2D eigenvalue weighted by Gasteiger charge is 2.12. The molecule has 4 rings (SSSR count). The number of ether oxygens (including phenoxy) is 1. The highest BCUT2D eigenvalue weighted by atomic mass is 16.5. The molecule has 0 saturated carbocycles. The predicted molar refractivity (Wildman–Crippen MR) is 157 cm³/mol. The molecule has 0 aliphatic carbocycles. The van der Waals surface area contributed by atoms with Crippen molar-refractivity contribution in [2.75, 3.05) is 0 Å². The molecule has 1 aromatic heterocycles. The van der Waals surface area contributed by atoms with E-state index in [1.54, 1.807) is 12.1 Å². The van der Waals surface area contributed by atoms with Crippen LogP contribution in [0, 0.1) is 5.92 Å². The van der Waals surface area contributed by atoms with Gasteiger partial charge in [-0.25, -0.2) is 4.98 Å². The Morgan fingerprint density at radius 3 is 2.26 bits per heavy atom. The van der Waals surface area contributed by atoms with E-state index in [2.05, 4.69) is 20.0 Å². The third kappa shape index (κ3) is 7.56. The van der Waals surface area contributed by atoms with Gasteiger partial charge in [0.2, 0.25) is 5.91 Å². The molecule has 42 heavy (non-hydrogen) atoms. The molecule has 0 fully saturated rings. The molecular formula is C30H29N5O7. The number of nitrogens with two attached hydrogens (primary N) is 1. The lowest BCUT2D eigenvalue weighted by atomic mass is 10.1. The van der Waals surface area contributed by atoms with Gasteiger partial charge in [-0.05, 0) is 60.9 Å². The van der Waals surface area contributed by atoms with Crippen LogP contribution in [-0.2, 0) is 16.0 Å². The van der Waals surface area contributed by atoms with Crippen LogP contribution in [0.15, 0.2) is 63.3 Å². The Kier molecular flexibility index (Phi) is 8.96. The van der Waals surface area contributed by atoms with E-state index in [0.29, 0.717) is 28.8 Å². The number of amides is 1. The first-order valence-electron chi connectivity index (χ1n) is 13.0. The summed E-state index contributed by atoms with van der Waals surface area (Å²) < 4.78 is 5.22. The zero-order valence-electron chi connectivity index (χ0n) is 22.9. The van der Waals surface area contributed by atoms with Crippen molar-refractivity contribution < 1.29 is 29.6 Å². The molecular weight excluding hydrogens is 542 g/mol. The molecule has 0 spiro atoms. The van der Waals surface area contributed by atoms with Gasteiger partial charge in [0.05, 0.1) is 28.8 Å². The first-order chi connectivity index (χ1) is 20.0. The van der Waals surface area contributed by atoms with Gasteiger partial charge >= 0.3 is 5.97 Å². The summed E-state index contributed by atoms with van der Waals surface area (Å²) in [5.41, 5.74) is 7.03. The summed E-state index contributed by atoms with van der Waals surface area (Å²) in [5.74, 6) is -1.29. The molecule has 4 aromatic rings. The maximum Gasteiger partial charge on any atom is 0.311 e. The predicted octanol–water partition coefficient (Wildman–Crippen LogP) is 3.91. The second-order valence-electron chi connectivity index (χ2n) is 9.89. The highest BCUT2D eigenvalue weighted by Crippen LogP contribution is 2.33. The number of aromatic amines is 1. The Morgan fingerprint density at radius 1 is 0.952 bits per heavy atom. The number of benzene rings is 3. The van der Waals surface area contributed by atoms with Crippen LogP contribution in [0.3, 0.4) is 0 Å². The first kappa shape index (κ1) is 29.5. The molecule has 0 saturated heterocycles. The number of hydrogen-bond donors (Lipinski definition) is 5. The number of rotatable bonds is 10. The number of esters is 1. The number of hydrogen-bond acceptors (Lipinski definition) is 10. The Hall–Kier alpha value is -5.52. The number of carbonyl (C=O) groups is 2. The third-order valence-electron chi connectivity index (χ3n) is 5.96. The fourth-order valence-corrected chi connectivity index (χ4v) is 3.91. The zero-order chi connectivity index (χ0) is 30.4. The molecule has 0 radical (unpaired) electrons. The summed E-state index contributed by atoms with van der Waals surface area (Å²) in [7, 11) is 0. The molecule has 6 N–H and O–H groups in total. The molecule has 216 valence electrons. The van der Waals surface area contributed by atoms with Crippen LogP contribution in [0.4, 0.5) is 11.4 Å². The van der Waals surface area contributed by atoms with Crippen LogP contribution < -0.4 is 16.0 Å². The molecule has 0 aliphatic rings. The van der Waals surface area contributed by atoms with E-state index in [1.807, 2.05) is 13.8 Å². The maximum atomic E-state index is 12.6. The van der Waals surface area contributed by atoms with Crippen molar-refractivity contribution in [2.45, 2.75) is 33.1 Å². The van der Waals surface area contributed by atoms with Gasteiger partial charge in [0.25, 0.3) is 5.56 Å². The topological polar surface area (TPSA) is 201 Å². The molecule has 1 heterocycles. The lowest BCUT2D eigenvalue weighted by Crippen LogP contribution is -2.17. The molecule has 1 amide bonds. The fourth-order valence-electron chi connectivity index (χ4n) is 3.91. The number of nitrogens with one attached hydrogen (secondary N) is 1. The number of aromatic hydroxyl groups is 3. The van der Waals surface area contributed by atoms with Crippen molar-refractivity contribution in [2.24, 2.45) is 21.6 Å². The summed E-state index contributed by atoms with van der Waals surface area (Å²) in [6.07, 6.45) is 2.79. The van der Waals surface area contributed by atoms with Gasteiger partial charge in [0.1, 0.15) is 28.7 Å². The fraction of sp³-hybridized carbons (Fsp3) is 0.200. The van der Waals surface area contributed by atoms with Crippen molar-refractivity contribution in [3.63, 3.8) is 0 Å². The summed E-state index contributed by atoms with van der Waals surface area (Å²) in [6.45, 7) is 3.96. The van der Waals surface area contributed by atoms with E-state index >= 15 is 0 Å². The smallest absolute Gasteiger partial charge is 0.311 e. The van der Waals surface area contributed by atoms with Gasteiger partial charge in [-0.15, -0.1) is 0 Å². The van der Waals surface area contributed by atoms with E-state index in [-0.39, 0.29) is 64.1 Å². The first-order valence-corrected chi connectivity index (χ1v) is 13.0. The number of aromatic nitrogens is 2. The number of fused-ring (bicyclic) bond motifs is 1. The minimum atomic E-state index is -0.669. The number of aliphatic imine (C=N–C) groups is 2. The average Bonchev–Trinajstić information content (AvgIpc) is 2.93. The number of carbonyl (C=O) groups excluding carboxylic acids is 2. The van der Waals surface area contributed by atoms with Crippen molar-refractivity contribution in [1.29, 1.82) is 0 Å². The Balaban J connectivity index is 1.75. The standard InChI is InChI=1S/C30H29N5O7/c1-16(2)9-25-30(41)35-24-13-22(21(12-23(24)34-25)32-14-17-10-19(36)3-5-26(17)37)33-15-18-11-20(4-6-27(18)38)42-29(40)8-7-28(31)39/h3-6,10-16,36-38H,7-9H2,1-2H3,(H2,31,39)(H,35,41). The van der Waals surface area contributed by atoms with E-state index in [1.165, 1.54) is 48.8 Å². The lowest BCUT2D eigenvalue weighted by molar-refractivity contribution is -0.136. The molecule has 0 aliphatic heterocycles. The Bertz CT molecular complexity index is 1780. The second-order valence-corrected chi connectivity index (χ2v) is 9.89. The van der Waals surface area contributed by atoms with Gasteiger partial charge in [-0.3, -0.25) is 24.4 Å². The minimum absolute atomic E-state index is 0.0609. The van der Waals surface area contributed by atoms with Crippen molar-refractivity contribution in [1.82, 2.24) is 9.97 Å². The van der Waals surface area contributed by atoms with Crippen LogP contribution in [0.2, 0.25) is 0 Å². The molecule has 12 heteroatoms. The third-order valence-corrected chi connectivity index (χ3v) is 5.96. The summed E-state index contributed by atoms with van der Waals surface area (Å²) in [6, 6.07) is 11.3. The van der Waals surface area contributed by atoms with Crippen LogP contribution in [0.5, 0.6) is 23.0 Å². The highest BCUT2D eigenvalue weighted by molar-refractivity contribution is 5.93. The van der Waals surface area contributed by atoms with Crippen molar-refractivity contribution in [3.05, 3.63) is 75.7 Å². The Labute approximate surface area is 239 Å². The Morgan fingerprint density at radius 2 is 1.60 bits per heavy atom. The summed E-state index contributed by atoms with van der Waals surface area (Å²) in [4.78, 5) is 51.8. The largest absolute Gasteiger partial charge is 0.508 e. The van der Waals surface area contributed by atoms with Gasteiger partial charge < -0.3 is 30.8 Å². The van der Waals surface area contributed by atoms with Gasteiger partial charge in [-0.1, -0.05) is 13.8 Å².